The second-order valence-electron chi connectivity index (χ2n) is 6.38. The Morgan fingerprint density at radius 1 is 1.22 bits per heavy atom. The molecule has 0 spiro atoms. The Kier molecular flexibility index (Phi) is 5.08. The van der Waals surface area contributed by atoms with E-state index in [9.17, 15) is 4.79 Å². The number of carbonyl (C=O) groups excluding carboxylic acids is 1. The predicted octanol–water partition coefficient (Wildman–Crippen LogP) is 3.31. The largest absolute Gasteiger partial charge is 0.325 e. The number of nitrogens with one attached hydrogen (secondary N) is 2. The average molecular weight is 312 g/mol. The number of benzene rings is 1. The van der Waals surface area contributed by atoms with Crippen LogP contribution in [-0.2, 0) is 4.79 Å². The summed E-state index contributed by atoms with van der Waals surface area (Å²) in [5, 5.41) is 9.77. The van der Waals surface area contributed by atoms with Gasteiger partial charge in [0.2, 0.25) is 5.91 Å². The highest BCUT2D eigenvalue weighted by molar-refractivity contribution is 5.94. The minimum atomic E-state index is -0.426. The Labute approximate surface area is 136 Å². The first-order chi connectivity index (χ1) is 11.2. The van der Waals surface area contributed by atoms with E-state index < -0.39 is 6.04 Å². The van der Waals surface area contributed by atoms with Crippen LogP contribution in [0.15, 0.2) is 36.5 Å². The molecule has 0 radical (unpaired) electrons. The molecule has 1 atom stereocenters. The maximum atomic E-state index is 12.2. The molecule has 0 aliphatic heterocycles. The molecule has 1 aliphatic rings. The van der Waals surface area contributed by atoms with Crippen molar-refractivity contribution in [2.24, 2.45) is 11.7 Å². The Balaban J connectivity index is 1.54. The fraction of sp³-hybridized carbons (Fsp3) is 0.444. The molecule has 1 aromatic heterocycles. The van der Waals surface area contributed by atoms with Crippen LogP contribution in [0, 0.1) is 5.92 Å². The van der Waals surface area contributed by atoms with Crippen LogP contribution in [-0.4, -0.2) is 22.1 Å². The van der Waals surface area contributed by atoms with Crippen LogP contribution in [0.25, 0.3) is 11.3 Å². The smallest absolute Gasteiger partial charge is 0.241 e. The van der Waals surface area contributed by atoms with Gasteiger partial charge in [0.05, 0.1) is 11.7 Å². The number of aromatic nitrogens is 2. The van der Waals surface area contributed by atoms with Gasteiger partial charge in [0.15, 0.2) is 0 Å². The third-order valence-corrected chi connectivity index (χ3v) is 4.61. The third kappa shape index (κ3) is 4.20. The molecular weight excluding hydrogens is 288 g/mol. The quantitative estimate of drug-likeness (QED) is 0.792. The summed E-state index contributed by atoms with van der Waals surface area (Å²) >= 11 is 0. The number of anilines is 1. The molecule has 0 bridgehead atoms. The molecule has 1 aliphatic carbocycles. The van der Waals surface area contributed by atoms with Crippen LogP contribution in [0.4, 0.5) is 5.69 Å². The SMILES string of the molecule is NC(CC1CCCCC1)C(=O)Nc1ccc(-c2ccn[nH]2)cc1. The number of nitrogens with two attached hydrogens (primary N) is 1. The third-order valence-electron chi connectivity index (χ3n) is 4.61. The van der Waals surface area contributed by atoms with E-state index in [0.717, 1.165) is 23.4 Å². The summed E-state index contributed by atoms with van der Waals surface area (Å²) in [6.45, 7) is 0. The summed E-state index contributed by atoms with van der Waals surface area (Å²) < 4.78 is 0. The van der Waals surface area contributed by atoms with Crippen molar-refractivity contribution in [1.29, 1.82) is 0 Å². The zero-order chi connectivity index (χ0) is 16.1. The van der Waals surface area contributed by atoms with Crippen molar-refractivity contribution in [2.75, 3.05) is 5.32 Å². The molecule has 1 aromatic carbocycles. The minimum Gasteiger partial charge on any atom is -0.325 e. The number of hydrogen-bond donors (Lipinski definition) is 3. The zero-order valence-corrected chi connectivity index (χ0v) is 13.3. The number of rotatable bonds is 5. The molecular formula is C18H24N4O. The summed E-state index contributed by atoms with van der Waals surface area (Å²) in [5.41, 5.74) is 8.84. The number of aromatic amines is 1. The summed E-state index contributed by atoms with van der Waals surface area (Å²) in [7, 11) is 0. The van der Waals surface area contributed by atoms with Crippen LogP contribution >= 0.6 is 0 Å². The van der Waals surface area contributed by atoms with Crippen LogP contribution in [0.3, 0.4) is 0 Å². The van der Waals surface area contributed by atoms with E-state index in [0.29, 0.717) is 5.92 Å². The summed E-state index contributed by atoms with van der Waals surface area (Å²) in [6, 6.07) is 9.17. The molecule has 122 valence electrons. The molecule has 1 unspecified atom stereocenters. The fourth-order valence-corrected chi connectivity index (χ4v) is 3.27. The highest BCUT2D eigenvalue weighted by atomic mass is 16.2. The van der Waals surface area contributed by atoms with Crippen molar-refractivity contribution in [2.45, 2.75) is 44.6 Å². The molecule has 3 rings (SSSR count). The van der Waals surface area contributed by atoms with Crippen molar-refractivity contribution in [3.05, 3.63) is 36.5 Å². The van der Waals surface area contributed by atoms with Crippen molar-refractivity contribution >= 4 is 11.6 Å². The summed E-state index contributed by atoms with van der Waals surface area (Å²) in [4.78, 5) is 12.2. The van der Waals surface area contributed by atoms with Gasteiger partial charge in [-0.05, 0) is 36.1 Å². The molecule has 1 heterocycles. The second kappa shape index (κ2) is 7.42. The monoisotopic (exact) mass is 312 g/mol. The topological polar surface area (TPSA) is 83.8 Å². The van der Waals surface area contributed by atoms with Crippen molar-refractivity contribution in [3.8, 4) is 11.3 Å². The molecule has 2 aromatic rings. The first kappa shape index (κ1) is 15.7. The van der Waals surface area contributed by atoms with Crippen molar-refractivity contribution in [3.63, 3.8) is 0 Å². The van der Waals surface area contributed by atoms with Gasteiger partial charge in [0.1, 0.15) is 0 Å². The van der Waals surface area contributed by atoms with Gasteiger partial charge in [-0.2, -0.15) is 5.10 Å². The number of nitrogens with zero attached hydrogens (tertiary/aromatic N) is 1. The van der Waals surface area contributed by atoms with Gasteiger partial charge in [-0.3, -0.25) is 9.89 Å². The molecule has 5 heteroatoms. The molecule has 0 saturated heterocycles. The number of H-pyrrole nitrogens is 1. The Bertz CT molecular complexity index is 615. The Hall–Kier alpha value is -2.14. The van der Waals surface area contributed by atoms with E-state index >= 15 is 0 Å². The van der Waals surface area contributed by atoms with Gasteiger partial charge < -0.3 is 11.1 Å². The summed E-state index contributed by atoms with van der Waals surface area (Å²) in [6.07, 6.45) is 8.79. The summed E-state index contributed by atoms with van der Waals surface area (Å²) in [5.74, 6) is 0.511. The van der Waals surface area contributed by atoms with E-state index in [4.69, 9.17) is 5.73 Å². The normalized spacial score (nSPS) is 16.9. The van der Waals surface area contributed by atoms with E-state index in [-0.39, 0.29) is 5.91 Å². The number of hydrogen-bond acceptors (Lipinski definition) is 3. The van der Waals surface area contributed by atoms with Crippen LogP contribution < -0.4 is 11.1 Å². The zero-order valence-electron chi connectivity index (χ0n) is 13.3. The molecule has 1 saturated carbocycles. The first-order valence-corrected chi connectivity index (χ1v) is 8.38. The minimum absolute atomic E-state index is 0.0927. The van der Waals surface area contributed by atoms with Crippen molar-refractivity contribution < 1.29 is 4.79 Å². The Morgan fingerprint density at radius 3 is 2.61 bits per heavy atom. The maximum absolute atomic E-state index is 12.2. The molecule has 5 nitrogen and oxygen atoms in total. The highest BCUT2D eigenvalue weighted by Crippen LogP contribution is 2.27. The Morgan fingerprint density at radius 2 is 1.96 bits per heavy atom. The van der Waals surface area contributed by atoms with Gasteiger partial charge in [0, 0.05) is 11.9 Å². The number of amides is 1. The van der Waals surface area contributed by atoms with Gasteiger partial charge in [-0.1, -0.05) is 44.2 Å². The van der Waals surface area contributed by atoms with E-state index in [1.165, 1.54) is 32.1 Å². The van der Waals surface area contributed by atoms with E-state index in [1.54, 1.807) is 6.20 Å². The van der Waals surface area contributed by atoms with Gasteiger partial charge in [-0.25, -0.2) is 0 Å². The van der Waals surface area contributed by atoms with Crippen molar-refractivity contribution in [1.82, 2.24) is 10.2 Å². The van der Waals surface area contributed by atoms with E-state index in [2.05, 4.69) is 15.5 Å². The molecule has 4 N–H and O–H groups in total. The average Bonchev–Trinajstić information content (AvgIpc) is 3.11. The van der Waals surface area contributed by atoms with Gasteiger partial charge >= 0.3 is 0 Å². The number of carbonyl (C=O) groups is 1. The lowest BCUT2D eigenvalue weighted by Crippen LogP contribution is -2.37. The maximum Gasteiger partial charge on any atom is 0.241 e. The van der Waals surface area contributed by atoms with Crippen LogP contribution in [0.5, 0.6) is 0 Å². The van der Waals surface area contributed by atoms with Gasteiger partial charge in [-0.15, -0.1) is 0 Å². The molecule has 1 fully saturated rings. The second-order valence-corrected chi connectivity index (χ2v) is 6.38. The van der Waals surface area contributed by atoms with Crippen LogP contribution in [0.1, 0.15) is 38.5 Å². The van der Waals surface area contributed by atoms with Crippen LogP contribution in [0.2, 0.25) is 0 Å². The predicted molar refractivity (Wildman–Crippen MR) is 91.8 cm³/mol. The molecule has 1 amide bonds. The van der Waals surface area contributed by atoms with E-state index in [1.807, 2.05) is 30.3 Å². The lowest BCUT2D eigenvalue weighted by Gasteiger charge is -2.24. The highest BCUT2D eigenvalue weighted by Gasteiger charge is 2.21. The standard InChI is InChI=1S/C18H24N4O/c19-16(12-13-4-2-1-3-5-13)18(23)21-15-8-6-14(7-9-15)17-10-11-20-22-17/h6-11,13,16H,1-5,12,19H2,(H,20,22)(H,21,23). The first-order valence-electron chi connectivity index (χ1n) is 8.38. The lowest BCUT2D eigenvalue weighted by atomic mass is 9.85. The van der Waals surface area contributed by atoms with Gasteiger partial charge in [0.25, 0.3) is 0 Å². The molecule has 23 heavy (non-hydrogen) atoms. The lowest BCUT2D eigenvalue weighted by molar-refractivity contribution is -0.117. The fourth-order valence-electron chi connectivity index (χ4n) is 3.27.